The quantitative estimate of drug-likeness (QED) is 0.376. The number of aromatic hydroxyl groups is 2. The molecular weight excluding hydrogens is 458 g/mol. The molecule has 0 radical (unpaired) electrons. The molecular formula is C24H29N3O8. The van der Waals surface area contributed by atoms with Crippen molar-refractivity contribution in [1.82, 2.24) is 15.2 Å². The van der Waals surface area contributed by atoms with Crippen LogP contribution in [0.25, 0.3) is 5.69 Å². The van der Waals surface area contributed by atoms with Gasteiger partial charge in [-0.25, -0.2) is 4.57 Å². The number of carbonyl (C=O) groups excluding carboxylic acids is 2. The number of nitrogens with one attached hydrogen (secondary N) is 2. The number of benzene rings is 1. The van der Waals surface area contributed by atoms with Crippen molar-refractivity contribution in [1.29, 1.82) is 0 Å². The predicted molar refractivity (Wildman–Crippen MR) is 125 cm³/mol. The van der Waals surface area contributed by atoms with E-state index >= 15 is 0 Å². The maximum absolute atomic E-state index is 13.4. The van der Waals surface area contributed by atoms with Gasteiger partial charge in [0.1, 0.15) is 23.4 Å². The van der Waals surface area contributed by atoms with Gasteiger partial charge in [0.2, 0.25) is 5.88 Å². The molecule has 1 heterocycles. The van der Waals surface area contributed by atoms with Gasteiger partial charge in [-0.05, 0) is 38.8 Å². The van der Waals surface area contributed by atoms with E-state index in [9.17, 15) is 29.4 Å². The van der Waals surface area contributed by atoms with Crippen molar-refractivity contribution in [2.45, 2.75) is 58.1 Å². The number of carbonyl (C=O) groups is 3. The van der Waals surface area contributed by atoms with E-state index in [4.69, 9.17) is 9.84 Å². The molecule has 1 saturated carbocycles. The van der Waals surface area contributed by atoms with E-state index < -0.39 is 52.6 Å². The van der Waals surface area contributed by atoms with Crippen molar-refractivity contribution in [3.05, 3.63) is 45.7 Å². The van der Waals surface area contributed by atoms with Crippen molar-refractivity contribution in [2.75, 3.05) is 6.54 Å². The van der Waals surface area contributed by atoms with Crippen LogP contribution in [0, 0.1) is 0 Å². The Morgan fingerprint density at radius 3 is 2.40 bits per heavy atom. The molecule has 0 bridgehead atoms. The molecule has 11 heteroatoms. The van der Waals surface area contributed by atoms with Crippen LogP contribution in [0.2, 0.25) is 0 Å². The largest absolute Gasteiger partial charge is 0.506 e. The zero-order valence-electron chi connectivity index (χ0n) is 19.5. The van der Waals surface area contributed by atoms with Gasteiger partial charge >= 0.3 is 5.97 Å². The van der Waals surface area contributed by atoms with E-state index in [1.165, 1.54) is 12.1 Å². The summed E-state index contributed by atoms with van der Waals surface area (Å²) in [7, 11) is 0. The Morgan fingerprint density at radius 2 is 1.77 bits per heavy atom. The monoisotopic (exact) mass is 487 g/mol. The highest BCUT2D eigenvalue weighted by Crippen LogP contribution is 2.31. The summed E-state index contributed by atoms with van der Waals surface area (Å²) in [6.07, 6.45) is 4.07. The molecule has 0 aliphatic heterocycles. The first-order chi connectivity index (χ1) is 16.6. The van der Waals surface area contributed by atoms with E-state index in [2.05, 4.69) is 5.32 Å². The van der Waals surface area contributed by atoms with Gasteiger partial charge < -0.3 is 30.7 Å². The summed E-state index contributed by atoms with van der Waals surface area (Å²) in [5, 5.41) is 35.3. The molecule has 11 nitrogen and oxygen atoms in total. The maximum Gasteiger partial charge on any atom is 0.322 e. The molecule has 0 unspecified atom stereocenters. The first-order valence-corrected chi connectivity index (χ1v) is 11.4. The minimum Gasteiger partial charge on any atom is -0.506 e. The Balaban J connectivity index is 2.16. The molecule has 188 valence electrons. The summed E-state index contributed by atoms with van der Waals surface area (Å²) in [5.41, 5.74) is -2.51. The van der Waals surface area contributed by atoms with Crippen molar-refractivity contribution >= 4 is 17.8 Å². The van der Waals surface area contributed by atoms with Crippen molar-refractivity contribution in [2.24, 2.45) is 0 Å². The lowest BCUT2D eigenvalue weighted by atomic mass is 9.95. The van der Waals surface area contributed by atoms with Gasteiger partial charge in [0.15, 0.2) is 5.75 Å². The van der Waals surface area contributed by atoms with Crippen molar-refractivity contribution in [3.63, 3.8) is 0 Å². The van der Waals surface area contributed by atoms with E-state index in [1.807, 2.05) is 5.32 Å². The van der Waals surface area contributed by atoms with Gasteiger partial charge in [0.25, 0.3) is 17.4 Å². The number of hydrogen-bond donors (Lipinski definition) is 5. The number of hydrogen-bond acceptors (Lipinski definition) is 7. The zero-order chi connectivity index (χ0) is 25.7. The molecule has 2 aromatic rings. The predicted octanol–water partition coefficient (Wildman–Crippen LogP) is 1.91. The number of rotatable bonds is 8. The lowest BCUT2D eigenvalue weighted by Gasteiger charge is -2.23. The van der Waals surface area contributed by atoms with Crippen LogP contribution in [0.4, 0.5) is 0 Å². The number of pyridine rings is 1. The van der Waals surface area contributed by atoms with Crippen LogP contribution >= 0.6 is 0 Å². The second-order valence-electron chi connectivity index (χ2n) is 8.61. The van der Waals surface area contributed by atoms with Crippen LogP contribution < -0.4 is 20.9 Å². The van der Waals surface area contributed by atoms with E-state index in [0.29, 0.717) is 23.2 Å². The highest BCUT2D eigenvalue weighted by atomic mass is 16.5. The van der Waals surface area contributed by atoms with Gasteiger partial charge in [-0.1, -0.05) is 25.3 Å². The molecule has 1 aromatic carbocycles. The number of carboxylic acids is 1. The van der Waals surface area contributed by atoms with Crippen LogP contribution in [0.15, 0.2) is 29.1 Å². The molecule has 0 saturated heterocycles. The third-order valence-electron chi connectivity index (χ3n) is 5.57. The molecule has 3 rings (SSSR count). The molecule has 1 aromatic heterocycles. The Hall–Kier alpha value is -4.02. The normalized spacial score (nSPS) is 13.9. The summed E-state index contributed by atoms with van der Waals surface area (Å²) in [6, 6.07) is 5.86. The fraction of sp³-hybridized carbons (Fsp3) is 0.417. The van der Waals surface area contributed by atoms with Crippen LogP contribution in [0.1, 0.15) is 66.7 Å². The molecule has 0 atom stereocenters. The smallest absolute Gasteiger partial charge is 0.322 e. The first-order valence-electron chi connectivity index (χ1n) is 11.4. The molecule has 1 aliphatic carbocycles. The minimum absolute atomic E-state index is 0.0738. The highest BCUT2D eigenvalue weighted by Gasteiger charge is 2.31. The summed E-state index contributed by atoms with van der Waals surface area (Å²) in [4.78, 5) is 50.1. The average molecular weight is 488 g/mol. The number of amides is 2. The fourth-order valence-electron chi connectivity index (χ4n) is 4.02. The average Bonchev–Trinajstić information content (AvgIpc) is 2.78. The van der Waals surface area contributed by atoms with Gasteiger partial charge in [0.05, 0.1) is 11.8 Å². The van der Waals surface area contributed by atoms with Gasteiger partial charge in [-0.2, -0.15) is 0 Å². The van der Waals surface area contributed by atoms with Crippen molar-refractivity contribution < 1.29 is 34.4 Å². The van der Waals surface area contributed by atoms with E-state index in [1.54, 1.807) is 26.0 Å². The molecule has 2 amide bonds. The number of carboxylic acid groups (broad SMARTS) is 1. The number of aromatic nitrogens is 1. The summed E-state index contributed by atoms with van der Waals surface area (Å²) in [5.74, 6) is -5.05. The van der Waals surface area contributed by atoms with Gasteiger partial charge in [-0.3, -0.25) is 19.2 Å². The number of ether oxygens (including phenoxy) is 1. The van der Waals surface area contributed by atoms with E-state index in [-0.39, 0.29) is 17.8 Å². The zero-order valence-corrected chi connectivity index (χ0v) is 19.5. The molecule has 5 N–H and O–H groups in total. The molecule has 1 aliphatic rings. The van der Waals surface area contributed by atoms with Crippen LogP contribution in [0.5, 0.6) is 17.4 Å². The second kappa shape index (κ2) is 10.9. The standard InChI is InChI=1S/C24H29N3O8/c1-13(2)35-16-10-6-9-15(11-16)27-23(33)18(21(31)25-12-17(28)29)20(30)19(24(27)34)22(32)26-14-7-4-3-5-8-14/h6,9-11,13-14,30,33H,3-5,7-8,12H2,1-2H3,(H,25,31)(H,26,32)(H,28,29). The van der Waals surface area contributed by atoms with Crippen LogP contribution in [-0.4, -0.2) is 56.4 Å². The number of nitrogens with zero attached hydrogens (tertiary/aromatic N) is 1. The lowest BCUT2D eigenvalue weighted by molar-refractivity contribution is -0.135. The van der Waals surface area contributed by atoms with Gasteiger partial charge in [0, 0.05) is 12.1 Å². The van der Waals surface area contributed by atoms with Crippen LogP contribution in [0.3, 0.4) is 0 Å². The highest BCUT2D eigenvalue weighted by molar-refractivity contribution is 6.05. The summed E-state index contributed by atoms with van der Waals surface area (Å²) < 4.78 is 6.34. The Kier molecular flexibility index (Phi) is 8.00. The number of aliphatic carboxylic acids is 1. The maximum atomic E-state index is 13.4. The fourth-order valence-corrected chi connectivity index (χ4v) is 4.02. The van der Waals surface area contributed by atoms with Crippen LogP contribution in [-0.2, 0) is 4.79 Å². The lowest BCUT2D eigenvalue weighted by Crippen LogP contribution is -2.40. The SMILES string of the molecule is CC(C)Oc1cccc(-n2c(O)c(C(=O)NCC(=O)O)c(O)c(C(=O)NC3CCCCC3)c2=O)c1. The Bertz CT molecular complexity index is 1180. The Labute approximate surface area is 201 Å². The van der Waals surface area contributed by atoms with E-state index in [0.717, 1.165) is 19.3 Å². The Morgan fingerprint density at radius 1 is 1.09 bits per heavy atom. The third-order valence-corrected chi connectivity index (χ3v) is 5.57. The second-order valence-corrected chi connectivity index (χ2v) is 8.61. The minimum atomic E-state index is -1.36. The molecule has 0 spiro atoms. The van der Waals surface area contributed by atoms with Gasteiger partial charge in [-0.15, -0.1) is 0 Å². The summed E-state index contributed by atoms with van der Waals surface area (Å²) >= 11 is 0. The third kappa shape index (κ3) is 5.92. The summed E-state index contributed by atoms with van der Waals surface area (Å²) in [6.45, 7) is 2.79. The topological polar surface area (TPSA) is 167 Å². The first kappa shape index (κ1) is 25.6. The molecule has 35 heavy (non-hydrogen) atoms. The van der Waals surface area contributed by atoms with Crippen molar-refractivity contribution in [3.8, 4) is 23.1 Å². The molecule has 1 fully saturated rings.